The molecule has 1 heterocycles. The van der Waals surface area contributed by atoms with E-state index in [4.69, 9.17) is 4.74 Å². The van der Waals surface area contributed by atoms with E-state index >= 15 is 0 Å². The summed E-state index contributed by atoms with van der Waals surface area (Å²) in [5, 5.41) is 5.47. The van der Waals surface area contributed by atoms with E-state index in [0.29, 0.717) is 17.9 Å². The van der Waals surface area contributed by atoms with Crippen molar-refractivity contribution in [1.82, 2.24) is 10.2 Å². The molecule has 10 heteroatoms. The van der Waals surface area contributed by atoms with Gasteiger partial charge in [0, 0.05) is 18.8 Å². The molecule has 1 fully saturated rings. The number of carbonyl (C=O) groups is 3. The number of amides is 3. The van der Waals surface area contributed by atoms with Crippen molar-refractivity contribution in [1.29, 1.82) is 0 Å². The molecule has 1 aliphatic rings. The van der Waals surface area contributed by atoms with Crippen LogP contribution >= 0.6 is 0 Å². The third-order valence-electron chi connectivity index (χ3n) is 3.99. The van der Waals surface area contributed by atoms with Gasteiger partial charge >= 0.3 is 18.6 Å². The Balaban J connectivity index is 1.64. The number of halogens is 2. The van der Waals surface area contributed by atoms with E-state index in [-0.39, 0.29) is 17.9 Å². The van der Waals surface area contributed by atoms with Crippen molar-refractivity contribution in [3.8, 4) is 5.75 Å². The van der Waals surface area contributed by atoms with Gasteiger partial charge in [0.2, 0.25) is 0 Å². The number of nitrogens with zero attached hydrogens (tertiary/aromatic N) is 1. The number of carbonyl (C=O) groups excluding carboxylic acids is 3. The molecule has 8 nitrogen and oxygen atoms in total. The fraction of sp³-hybridized carbons (Fsp3) is 0.211. The lowest BCUT2D eigenvalue weighted by Crippen LogP contribution is -2.37. The van der Waals surface area contributed by atoms with Crippen LogP contribution in [0.5, 0.6) is 5.75 Å². The van der Waals surface area contributed by atoms with Crippen LogP contribution in [0.2, 0.25) is 0 Å². The smallest absolute Gasteiger partial charge is 0.387 e. The van der Waals surface area contributed by atoms with E-state index in [1.54, 1.807) is 18.2 Å². The number of hydrogen-bond donors (Lipinski definition) is 2. The summed E-state index contributed by atoms with van der Waals surface area (Å²) in [5.74, 6) is -1.37. The van der Waals surface area contributed by atoms with Gasteiger partial charge in [-0.05, 0) is 36.4 Å². The second-order valence-corrected chi connectivity index (χ2v) is 5.93. The van der Waals surface area contributed by atoms with Crippen molar-refractivity contribution in [3.05, 3.63) is 54.1 Å². The van der Waals surface area contributed by atoms with E-state index in [1.165, 1.54) is 30.3 Å². The normalized spacial score (nSPS) is 13.2. The quantitative estimate of drug-likeness (QED) is 0.688. The Labute approximate surface area is 164 Å². The van der Waals surface area contributed by atoms with Crippen LogP contribution < -0.4 is 15.4 Å². The highest BCUT2D eigenvalue weighted by Crippen LogP contribution is 2.24. The van der Waals surface area contributed by atoms with E-state index in [9.17, 15) is 23.2 Å². The van der Waals surface area contributed by atoms with Gasteiger partial charge in [0.1, 0.15) is 5.75 Å². The molecule has 0 spiro atoms. The van der Waals surface area contributed by atoms with Crippen LogP contribution in [0.1, 0.15) is 10.4 Å². The molecule has 152 valence electrons. The highest BCUT2D eigenvalue weighted by Gasteiger charge is 2.27. The van der Waals surface area contributed by atoms with Crippen LogP contribution in [0.15, 0.2) is 48.5 Å². The molecule has 29 heavy (non-hydrogen) atoms. The Morgan fingerprint density at radius 3 is 2.52 bits per heavy atom. The van der Waals surface area contributed by atoms with Crippen LogP contribution in [-0.2, 0) is 9.53 Å². The lowest BCUT2D eigenvalue weighted by atomic mass is 10.1. The molecule has 0 aromatic heterocycles. The minimum atomic E-state index is -2.92. The minimum absolute atomic E-state index is 0.00251. The first-order valence-electron chi connectivity index (χ1n) is 8.60. The summed E-state index contributed by atoms with van der Waals surface area (Å²) in [6, 6.07) is 11.6. The SMILES string of the molecule is O=C(OCC(=O)N1CCNC1=O)c1ccccc1Nc1ccc(OC(F)F)cc1. The monoisotopic (exact) mass is 405 g/mol. The summed E-state index contributed by atoms with van der Waals surface area (Å²) < 4.78 is 33.8. The highest BCUT2D eigenvalue weighted by atomic mass is 19.3. The average Bonchev–Trinajstić information content (AvgIpc) is 3.13. The molecular weight excluding hydrogens is 388 g/mol. The van der Waals surface area contributed by atoms with Gasteiger partial charge in [0.05, 0.1) is 11.3 Å². The van der Waals surface area contributed by atoms with Crippen molar-refractivity contribution < 1.29 is 32.6 Å². The highest BCUT2D eigenvalue weighted by molar-refractivity contribution is 6.00. The molecule has 0 unspecified atom stereocenters. The predicted octanol–water partition coefficient (Wildman–Crippen LogP) is 2.74. The average molecular weight is 405 g/mol. The zero-order chi connectivity index (χ0) is 20.8. The number of esters is 1. The second kappa shape index (κ2) is 9.00. The number of anilines is 2. The third-order valence-corrected chi connectivity index (χ3v) is 3.99. The van der Waals surface area contributed by atoms with E-state index in [2.05, 4.69) is 15.4 Å². The standard InChI is InChI=1S/C19H17F2N3O5/c20-18(21)29-13-7-5-12(6-8-13)23-15-4-2-1-3-14(15)17(26)28-11-16(25)24-10-9-22-19(24)27/h1-8,18,23H,9-11H2,(H,22,27). The van der Waals surface area contributed by atoms with E-state index in [1.807, 2.05) is 0 Å². The second-order valence-electron chi connectivity index (χ2n) is 5.93. The number of ether oxygens (including phenoxy) is 2. The van der Waals surface area contributed by atoms with Crippen LogP contribution in [0.25, 0.3) is 0 Å². The molecule has 1 saturated heterocycles. The number of urea groups is 1. The van der Waals surface area contributed by atoms with Gasteiger partial charge in [-0.15, -0.1) is 0 Å². The first kappa shape index (κ1) is 20.1. The van der Waals surface area contributed by atoms with Crippen molar-refractivity contribution in [3.63, 3.8) is 0 Å². The Hall–Kier alpha value is -3.69. The Kier molecular flexibility index (Phi) is 6.22. The van der Waals surface area contributed by atoms with Crippen LogP contribution in [0.4, 0.5) is 25.0 Å². The largest absolute Gasteiger partial charge is 0.452 e. The number of para-hydroxylation sites is 1. The first-order valence-corrected chi connectivity index (χ1v) is 8.60. The van der Waals surface area contributed by atoms with Gasteiger partial charge in [-0.1, -0.05) is 12.1 Å². The van der Waals surface area contributed by atoms with Crippen molar-refractivity contribution in [2.24, 2.45) is 0 Å². The molecule has 3 rings (SSSR count). The number of benzene rings is 2. The lowest BCUT2D eigenvalue weighted by Gasteiger charge is -2.14. The molecule has 2 aromatic carbocycles. The van der Waals surface area contributed by atoms with Crippen molar-refractivity contribution >= 4 is 29.3 Å². The Bertz CT molecular complexity index is 905. The van der Waals surface area contributed by atoms with E-state index in [0.717, 1.165) is 4.90 Å². The van der Waals surface area contributed by atoms with Crippen LogP contribution in [0.3, 0.4) is 0 Å². The van der Waals surface area contributed by atoms with Gasteiger partial charge in [0.25, 0.3) is 5.91 Å². The molecule has 0 bridgehead atoms. The Morgan fingerprint density at radius 2 is 1.86 bits per heavy atom. The number of imide groups is 1. The fourth-order valence-electron chi connectivity index (χ4n) is 2.64. The van der Waals surface area contributed by atoms with Gasteiger partial charge in [-0.3, -0.25) is 9.69 Å². The van der Waals surface area contributed by atoms with Crippen molar-refractivity contribution in [2.45, 2.75) is 6.61 Å². The lowest BCUT2D eigenvalue weighted by molar-refractivity contribution is -0.130. The third kappa shape index (κ3) is 5.18. The minimum Gasteiger partial charge on any atom is -0.452 e. The number of hydrogen-bond acceptors (Lipinski definition) is 6. The zero-order valence-electron chi connectivity index (χ0n) is 15.1. The van der Waals surface area contributed by atoms with Crippen LogP contribution in [0, 0.1) is 0 Å². The molecule has 2 aromatic rings. The molecule has 0 aliphatic carbocycles. The molecule has 0 radical (unpaired) electrons. The summed E-state index contributed by atoms with van der Waals surface area (Å²) in [7, 11) is 0. The number of alkyl halides is 2. The van der Waals surface area contributed by atoms with E-state index < -0.39 is 31.1 Å². The fourth-order valence-corrected chi connectivity index (χ4v) is 2.64. The first-order chi connectivity index (χ1) is 13.9. The predicted molar refractivity (Wildman–Crippen MR) is 98.2 cm³/mol. The van der Waals surface area contributed by atoms with Gasteiger partial charge in [-0.25, -0.2) is 9.59 Å². The Morgan fingerprint density at radius 1 is 1.14 bits per heavy atom. The zero-order valence-corrected chi connectivity index (χ0v) is 15.1. The summed E-state index contributed by atoms with van der Waals surface area (Å²) in [6.45, 7) is -2.91. The number of rotatable bonds is 7. The molecule has 2 N–H and O–H groups in total. The topological polar surface area (TPSA) is 97.0 Å². The maximum Gasteiger partial charge on any atom is 0.387 e. The van der Waals surface area contributed by atoms with Crippen molar-refractivity contribution in [2.75, 3.05) is 25.0 Å². The summed E-state index contributed by atoms with van der Waals surface area (Å²) in [4.78, 5) is 36.8. The number of nitrogens with one attached hydrogen (secondary N) is 2. The molecular formula is C19H17F2N3O5. The van der Waals surface area contributed by atoms with Crippen LogP contribution in [-0.4, -0.2) is 49.1 Å². The maximum atomic E-state index is 12.4. The maximum absolute atomic E-state index is 12.4. The van der Waals surface area contributed by atoms with Gasteiger partial charge in [0.15, 0.2) is 6.61 Å². The molecule has 0 saturated carbocycles. The molecule has 3 amide bonds. The molecule has 1 aliphatic heterocycles. The summed E-state index contributed by atoms with van der Waals surface area (Å²) >= 11 is 0. The summed E-state index contributed by atoms with van der Waals surface area (Å²) in [6.07, 6.45) is 0. The molecule has 0 atom stereocenters. The summed E-state index contributed by atoms with van der Waals surface area (Å²) in [5.41, 5.74) is 1.09. The van der Waals surface area contributed by atoms with Gasteiger partial charge in [-0.2, -0.15) is 8.78 Å². The van der Waals surface area contributed by atoms with Gasteiger partial charge < -0.3 is 20.1 Å².